The molecule has 3 aromatic carbocycles. The first-order valence-electron chi connectivity index (χ1n) is 11.6. The van der Waals surface area contributed by atoms with Gasteiger partial charge in [-0.1, -0.05) is 29.3 Å². The fourth-order valence-electron chi connectivity index (χ4n) is 4.27. The third-order valence-corrected chi connectivity index (χ3v) is 6.28. The number of ether oxygens (including phenoxy) is 1. The van der Waals surface area contributed by atoms with Crippen molar-refractivity contribution < 1.29 is 22.7 Å². The van der Waals surface area contributed by atoms with Crippen LogP contribution in [-0.4, -0.2) is 47.8 Å². The Labute approximate surface area is 207 Å². The maximum Gasteiger partial charge on any atom is 0.416 e. The maximum atomic E-state index is 13.4. The van der Waals surface area contributed by atoms with Gasteiger partial charge in [0, 0.05) is 31.9 Å². The maximum absolute atomic E-state index is 13.4. The number of nitrogens with zero attached hydrogens (tertiary/aromatic N) is 3. The van der Waals surface area contributed by atoms with Gasteiger partial charge >= 0.3 is 12.2 Å². The van der Waals surface area contributed by atoms with E-state index in [1.54, 1.807) is 11.0 Å². The molecule has 2 heterocycles. The van der Waals surface area contributed by atoms with Crippen LogP contribution >= 0.6 is 0 Å². The molecule has 1 N–H and O–H groups in total. The Bertz CT molecular complexity index is 1330. The van der Waals surface area contributed by atoms with Gasteiger partial charge in [-0.25, -0.2) is 9.79 Å². The van der Waals surface area contributed by atoms with Gasteiger partial charge in [0.25, 0.3) is 0 Å². The molecule has 0 spiro atoms. The molecule has 3 aromatic rings. The van der Waals surface area contributed by atoms with Gasteiger partial charge in [0.2, 0.25) is 0 Å². The first-order valence-corrected chi connectivity index (χ1v) is 11.6. The van der Waals surface area contributed by atoms with Crippen LogP contribution in [0.4, 0.5) is 29.3 Å². The van der Waals surface area contributed by atoms with E-state index in [0.717, 1.165) is 28.9 Å². The van der Waals surface area contributed by atoms with Crippen molar-refractivity contribution in [1.82, 2.24) is 9.80 Å². The highest BCUT2D eigenvalue weighted by Crippen LogP contribution is 2.42. The minimum atomic E-state index is -4.49. The van der Waals surface area contributed by atoms with Crippen molar-refractivity contribution >= 4 is 23.2 Å². The van der Waals surface area contributed by atoms with Crippen LogP contribution in [0.2, 0.25) is 0 Å². The summed E-state index contributed by atoms with van der Waals surface area (Å²) in [7, 11) is 0. The van der Waals surface area contributed by atoms with Crippen LogP contribution in [0.5, 0.6) is 11.5 Å². The first kappa shape index (κ1) is 23.7. The molecule has 0 unspecified atom stereocenters. The number of nitrogens with one attached hydrogen (secondary N) is 1. The van der Waals surface area contributed by atoms with E-state index < -0.39 is 11.7 Å². The van der Waals surface area contributed by atoms with Crippen LogP contribution in [-0.2, 0) is 6.18 Å². The zero-order valence-corrected chi connectivity index (χ0v) is 19.9. The molecular formula is C27H25F3N4O2. The Kier molecular flexibility index (Phi) is 6.07. The number of benzene rings is 3. The normalized spacial score (nSPS) is 15.3. The predicted molar refractivity (Wildman–Crippen MR) is 132 cm³/mol. The van der Waals surface area contributed by atoms with Crippen LogP contribution < -0.4 is 10.1 Å². The van der Waals surface area contributed by atoms with Gasteiger partial charge in [0.15, 0.2) is 5.75 Å². The van der Waals surface area contributed by atoms with Gasteiger partial charge in [0.1, 0.15) is 17.3 Å². The van der Waals surface area contributed by atoms with Gasteiger partial charge < -0.3 is 19.9 Å². The van der Waals surface area contributed by atoms with Crippen LogP contribution in [0.3, 0.4) is 0 Å². The second-order valence-corrected chi connectivity index (χ2v) is 8.99. The summed E-state index contributed by atoms with van der Waals surface area (Å²) >= 11 is 0. The second kappa shape index (κ2) is 9.22. The molecule has 6 nitrogen and oxygen atoms in total. The monoisotopic (exact) mass is 494 g/mol. The summed E-state index contributed by atoms with van der Waals surface area (Å²) in [6, 6.07) is 16.3. The summed E-state index contributed by atoms with van der Waals surface area (Å²) < 4.78 is 46.1. The highest BCUT2D eigenvalue weighted by Gasteiger charge is 2.33. The SMILES string of the molecule is Cc1ccc(NC(=O)N2CCN(C3=Nc4cc(C(F)(F)F)ccc4Oc4ccc(C)cc43)CC2)cc1. The zero-order chi connectivity index (χ0) is 25.4. The highest BCUT2D eigenvalue weighted by atomic mass is 19.4. The lowest BCUT2D eigenvalue weighted by Gasteiger charge is -2.36. The number of aliphatic imine (C=N–C) groups is 1. The summed E-state index contributed by atoms with van der Waals surface area (Å²) in [6.45, 7) is 5.74. The number of aryl methyl sites for hydroxylation is 2. The Morgan fingerprint density at radius 3 is 2.25 bits per heavy atom. The molecule has 5 rings (SSSR count). The molecular weight excluding hydrogens is 469 g/mol. The molecule has 2 aliphatic heterocycles. The number of amidine groups is 1. The van der Waals surface area contributed by atoms with Crippen molar-refractivity contribution in [3.05, 3.63) is 82.9 Å². The lowest BCUT2D eigenvalue weighted by molar-refractivity contribution is -0.137. The van der Waals surface area contributed by atoms with E-state index in [-0.39, 0.29) is 17.5 Å². The highest BCUT2D eigenvalue weighted by molar-refractivity contribution is 6.04. The van der Waals surface area contributed by atoms with Gasteiger partial charge in [-0.2, -0.15) is 13.2 Å². The average molecular weight is 495 g/mol. The lowest BCUT2D eigenvalue weighted by Crippen LogP contribution is -2.51. The van der Waals surface area contributed by atoms with E-state index in [2.05, 4.69) is 10.3 Å². The molecule has 0 bridgehead atoms. The van der Waals surface area contributed by atoms with Gasteiger partial charge in [0.05, 0.1) is 11.1 Å². The fourth-order valence-corrected chi connectivity index (χ4v) is 4.27. The number of alkyl halides is 3. The molecule has 0 radical (unpaired) electrons. The Balaban J connectivity index is 1.40. The van der Waals surface area contributed by atoms with E-state index in [1.165, 1.54) is 6.07 Å². The van der Waals surface area contributed by atoms with Crippen molar-refractivity contribution in [3.63, 3.8) is 0 Å². The quantitative estimate of drug-likeness (QED) is 0.429. The number of carbonyl (C=O) groups is 1. The number of fused-ring (bicyclic) bond motifs is 2. The largest absolute Gasteiger partial charge is 0.454 e. The van der Waals surface area contributed by atoms with Crippen molar-refractivity contribution in [1.29, 1.82) is 0 Å². The number of urea groups is 1. The van der Waals surface area contributed by atoms with Gasteiger partial charge in [-0.15, -0.1) is 0 Å². The van der Waals surface area contributed by atoms with Crippen molar-refractivity contribution in [2.75, 3.05) is 31.5 Å². The Hall–Kier alpha value is -4.01. The fraction of sp³-hybridized carbons (Fsp3) is 0.259. The van der Waals surface area contributed by atoms with Gasteiger partial charge in [-0.05, 0) is 56.3 Å². The molecule has 0 atom stereocenters. The standard InChI is InChI=1S/C27H25F3N4O2/c1-17-3-7-20(8-4-17)31-26(35)34-13-11-33(12-14-34)25-21-15-18(2)5-9-23(21)36-24-10-6-19(27(28,29)30)16-22(24)32-25/h3-10,15-16H,11-14H2,1-2H3,(H,31,35). The summed E-state index contributed by atoms with van der Waals surface area (Å²) in [4.78, 5) is 21.1. The number of rotatable bonds is 1. The molecule has 1 fully saturated rings. The smallest absolute Gasteiger partial charge is 0.416 e. The van der Waals surface area contributed by atoms with Crippen molar-refractivity contribution in [2.24, 2.45) is 4.99 Å². The second-order valence-electron chi connectivity index (χ2n) is 8.99. The number of anilines is 1. The minimum absolute atomic E-state index is 0.119. The zero-order valence-electron chi connectivity index (χ0n) is 19.9. The van der Waals surface area contributed by atoms with Crippen LogP contribution in [0.15, 0.2) is 65.7 Å². The minimum Gasteiger partial charge on any atom is -0.454 e. The molecule has 36 heavy (non-hydrogen) atoms. The molecule has 9 heteroatoms. The third-order valence-electron chi connectivity index (χ3n) is 6.28. The van der Waals surface area contributed by atoms with E-state index >= 15 is 0 Å². The Morgan fingerprint density at radius 1 is 0.889 bits per heavy atom. The first-order chi connectivity index (χ1) is 17.2. The molecule has 0 saturated carbocycles. The Morgan fingerprint density at radius 2 is 1.56 bits per heavy atom. The summed E-state index contributed by atoms with van der Waals surface area (Å²) in [6.07, 6.45) is -4.49. The number of amides is 2. The molecule has 0 aromatic heterocycles. The van der Waals surface area contributed by atoms with E-state index in [9.17, 15) is 18.0 Å². The summed E-state index contributed by atoms with van der Waals surface area (Å²) in [5, 5.41) is 2.91. The number of hydrogen-bond acceptors (Lipinski definition) is 4. The topological polar surface area (TPSA) is 57.2 Å². The van der Waals surface area contributed by atoms with Crippen molar-refractivity contribution in [3.8, 4) is 11.5 Å². The van der Waals surface area contributed by atoms with E-state index in [0.29, 0.717) is 43.3 Å². The summed E-state index contributed by atoms with van der Waals surface area (Å²) in [5.74, 6) is 1.32. The van der Waals surface area contributed by atoms with Crippen LogP contribution in [0.1, 0.15) is 22.3 Å². The summed E-state index contributed by atoms with van der Waals surface area (Å²) in [5.41, 5.74) is 2.84. The number of hydrogen-bond donors (Lipinski definition) is 1. The van der Waals surface area contributed by atoms with Crippen LogP contribution in [0.25, 0.3) is 0 Å². The number of piperazine rings is 1. The molecule has 1 saturated heterocycles. The van der Waals surface area contributed by atoms with Crippen LogP contribution in [0, 0.1) is 13.8 Å². The van der Waals surface area contributed by atoms with Gasteiger partial charge in [-0.3, -0.25) is 0 Å². The van der Waals surface area contributed by atoms with Crippen molar-refractivity contribution in [2.45, 2.75) is 20.0 Å². The molecule has 2 aliphatic rings. The third kappa shape index (κ3) is 4.86. The predicted octanol–water partition coefficient (Wildman–Crippen LogP) is 6.36. The van der Waals surface area contributed by atoms with E-state index in [1.807, 2.05) is 55.1 Å². The molecule has 0 aliphatic carbocycles. The average Bonchev–Trinajstić information content (AvgIpc) is 3.01. The molecule has 2 amide bonds. The number of carbonyl (C=O) groups excluding carboxylic acids is 1. The number of halogens is 3. The lowest BCUT2D eigenvalue weighted by atomic mass is 10.1. The van der Waals surface area contributed by atoms with E-state index in [4.69, 9.17) is 4.74 Å². The molecule has 186 valence electrons.